The molecule has 4 nitrogen and oxygen atoms in total. The monoisotopic (exact) mass is 261 g/mol. The van der Waals surface area contributed by atoms with Gasteiger partial charge >= 0.3 is 5.97 Å². The summed E-state index contributed by atoms with van der Waals surface area (Å²) in [6.07, 6.45) is 0. The molecule has 0 aliphatic heterocycles. The fourth-order valence-electron chi connectivity index (χ4n) is 1.87. The van der Waals surface area contributed by atoms with Gasteiger partial charge in [0.05, 0.1) is 12.2 Å². The first-order chi connectivity index (χ1) is 9.15. The van der Waals surface area contributed by atoms with Crippen molar-refractivity contribution in [2.45, 2.75) is 27.7 Å². The molecule has 0 spiro atoms. The van der Waals surface area contributed by atoms with E-state index in [2.05, 4.69) is 4.98 Å². The van der Waals surface area contributed by atoms with E-state index in [4.69, 9.17) is 4.74 Å². The van der Waals surface area contributed by atoms with E-state index in [1.807, 2.05) is 38.1 Å². The molecular weight excluding hydrogens is 242 g/mol. The molecule has 0 aliphatic rings. The molecule has 2 rings (SSSR count). The molecule has 0 unspecified atom stereocenters. The first-order valence-corrected chi connectivity index (χ1v) is 6.44. The summed E-state index contributed by atoms with van der Waals surface area (Å²) in [6, 6.07) is 7.38. The van der Waals surface area contributed by atoms with Crippen LogP contribution in [-0.2, 0) is 9.53 Å². The van der Waals surface area contributed by atoms with Crippen LogP contribution in [0.3, 0.4) is 0 Å². The average molecular weight is 261 g/mol. The van der Waals surface area contributed by atoms with Gasteiger partial charge in [0.1, 0.15) is 0 Å². The van der Waals surface area contributed by atoms with Crippen molar-refractivity contribution >= 4 is 22.7 Å². The van der Waals surface area contributed by atoms with Crippen LogP contribution in [0.5, 0.6) is 0 Å². The SMILES string of the molecule is CC.CCOC(=O)C(=O)c1c(C)[nH]c2ccccc12. The van der Waals surface area contributed by atoms with E-state index in [0.717, 1.165) is 10.9 Å². The second-order valence-electron chi connectivity index (χ2n) is 3.72. The number of esters is 1. The Hall–Kier alpha value is -2.10. The van der Waals surface area contributed by atoms with Crippen LogP contribution in [0.25, 0.3) is 10.9 Å². The van der Waals surface area contributed by atoms with Gasteiger partial charge in [-0.2, -0.15) is 0 Å². The van der Waals surface area contributed by atoms with Crippen molar-refractivity contribution < 1.29 is 14.3 Å². The Morgan fingerprint density at radius 2 is 1.84 bits per heavy atom. The Kier molecular flexibility index (Phi) is 5.30. The number of Topliss-reactive ketones (excluding diaryl/α,β-unsaturated/α-hetero) is 1. The number of aromatic amines is 1. The normalized spacial score (nSPS) is 9.68. The average Bonchev–Trinajstić information content (AvgIpc) is 2.76. The maximum Gasteiger partial charge on any atom is 0.379 e. The highest BCUT2D eigenvalue weighted by atomic mass is 16.5. The van der Waals surface area contributed by atoms with Gasteiger partial charge in [-0.3, -0.25) is 4.79 Å². The van der Waals surface area contributed by atoms with Crippen molar-refractivity contribution in [1.82, 2.24) is 4.98 Å². The van der Waals surface area contributed by atoms with E-state index in [0.29, 0.717) is 11.3 Å². The van der Waals surface area contributed by atoms with E-state index >= 15 is 0 Å². The molecule has 1 aromatic heterocycles. The van der Waals surface area contributed by atoms with E-state index in [9.17, 15) is 9.59 Å². The highest BCUT2D eigenvalue weighted by Gasteiger charge is 2.23. The van der Waals surface area contributed by atoms with Gasteiger partial charge in [0.2, 0.25) is 0 Å². The van der Waals surface area contributed by atoms with Crippen LogP contribution in [0, 0.1) is 6.92 Å². The number of hydrogen-bond acceptors (Lipinski definition) is 3. The molecule has 19 heavy (non-hydrogen) atoms. The Morgan fingerprint density at radius 1 is 1.21 bits per heavy atom. The molecule has 0 atom stereocenters. The van der Waals surface area contributed by atoms with Crippen LogP contribution >= 0.6 is 0 Å². The number of fused-ring (bicyclic) bond motifs is 1. The summed E-state index contributed by atoms with van der Waals surface area (Å²) >= 11 is 0. The molecule has 0 saturated heterocycles. The standard InChI is InChI=1S/C13H13NO3.C2H6/c1-3-17-13(16)12(15)11-8(2)14-10-7-5-4-6-9(10)11;1-2/h4-7,14H,3H2,1-2H3;1-2H3. The third-order valence-corrected chi connectivity index (χ3v) is 2.58. The predicted octanol–water partition coefficient (Wildman–Crippen LogP) is 3.25. The molecule has 102 valence electrons. The second kappa shape index (κ2) is 6.73. The van der Waals surface area contributed by atoms with E-state index in [-0.39, 0.29) is 6.61 Å². The minimum atomic E-state index is -0.805. The summed E-state index contributed by atoms with van der Waals surface area (Å²) in [4.78, 5) is 26.5. The van der Waals surface area contributed by atoms with Gasteiger partial charge in [0, 0.05) is 16.6 Å². The van der Waals surface area contributed by atoms with Gasteiger partial charge in [0.15, 0.2) is 0 Å². The summed E-state index contributed by atoms with van der Waals surface area (Å²) in [5, 5.41) is 0.753. The van der Waals surface area contributed by atoms with E-state index in [1.165, 1.54) is 0 Å². The Labute approximate surface area is 112 Å². The van der Waals surface area contributed by atoms with Gasteiger partial charge in [-0.05, 0) is 19.9 Å². The zero-order chi connectivity index (χ0) is 14.4. The maximum atomic E-state index is 11.9. The molecule has 0 aliphatic carbocycles. The topological polar surface area (TPSA) is 59.2 Å². The molecule has 1 aromatic carbocycles. The van der Waals surface area contributed by atoms with Crippen molar-refractivity contribution in [1.29, 1.82) is 0 Å². The number of ether oxygens (including phenoxy) is 1. The van der Waals surface area contributed by atoms with Crippen LogP contribution in [0.4, 0.5) is 0 Å². The highest BCUT2D eigenvalue weighted by Crippen LogP contribution is 2.22. The number of hydrogen-bond donors (Lipinski definition) is 1. The number of aryl methyl sites for hydroxylation is 1. The third kappa shape index (κ3) is 3.02. The summed E-state index contributed by atoms with van der Waals surface area (Å²) in [6.45, 7) is 7.64. The molecule has 0 amide bonds. The van der Waals surface area contributed by atoms with Crippen LogP contribution < -0.4 is 0 Å². The van der Waals surface area contributed by atoms with Crippen molar-refractivity contribution in [3.05, 3.63) is 35.5 Å². The Balaban J connectivity index is 0.000000861. The minimum absolute atomic E-state index is 0.200. The molecule has 0 fully saturated rings. The van der Waals surface area contributed by atoms with Crippen molar-refractivity contribution in [3.63, 3.8) is 0 Å². The number of rotatable bonds is 3. The first kappa shape index (κ1) is 15.0. The smallest absolute Gasteiger partial charge is 0.379 e. The fourth-order valence-corrected chi connectivity index (χ4v) is 1.87. The number of aromatic nitrogens is 1. The number of carbonyl (C=O) groups is 2. The van der Waals surface area contributed by atoms with Crippen LogP contribution in [0.2, 0.25) is 0 Å². The molecule has 0 bridgehead atoms. The fraction of sp³-hybridized carbons (Fsp3) is 0.333. The van der Waals surface area contributed by atoms with Crippen LogP contribution in [0.15, 0.2) is 24.3 Å². The molecule has 0 radical (unpaired) electrons. The quantitative estimate of drug-likeness (QED) is 0.524. The van der Waals surface area contributed by atoms with E-state index < -0.39 is 11.8 Å². The molecule has 2 aromatic rings. The summed E-state index contributed by atoms with van der Waals surface area (Å²) in [7, 11) is 0. The zero-order valence-electron chi connectivity index (χ0n) is 11.7. The lowest BCUT2D eigenvalue weighted by Crippen LogP contribution is -2.18. The molecule has 4 heteroatoms. The number of H-pyrrole nitrogens is 1. The Bertz CT molecular complexity index is 584. The van der Waals surface area contributed by atoms with Gasteiger partial charge in [-0.15, -0.1) is 0 Å². The first-order valence-electron chi connectivity index (χ1n) is 6.44. The number of benzene rings is 1. The van der Waals surface area contributed by atoms with Crippen molar-refractivity contribution in [2.24, 2.45) is 0 Å². The second-order valence-corrected chi connectivity index (χ2v) is 3.72. The van der Waals surface area contributed by atoms with Crippen LogP contribution in [0.1, 0.15) is 36.8 Å². The maximum absolute atomic E-state index is 11.9. The number of nitrogens with one attached hydrogen (secondary N) is 1. The number of ketones is 1. The molecule has 1 N–H and O–H groups in total. The van der Waals surface area contributed by atoms with Crippen LogP contribution in [-0.4, -0.2) is 23.3 Å². The van der Waals surface area contributed by atoms with Crippen molar-refractivity contribution in [2.75, 3.05) is 6.61 Å². The van der Waals surface area contributed by atoms with Crippen molar-refractivity contribution in [3.8, 4) is 0 Å². The van der Waals surface area contributed by atoms with Gasteiger partial charge < -0.3 is 9.72 Å². The number of para-hydroxylation sites is 1. The van der Waals surface area contributed by atoms with Gasteiger partial charge in [0.25, 0.3) is 5.78 Å². The molecular formula is C15H19NO3. The van der Waals surface area contributed by atoms with E-state index in [1.54, 1.807) is 13.8 Å². The lowest BCUT2D eigenvalue weighted by molar-refractivity contribution is -0.137. The summed E-state index contributed by atoms with van der Waals surface area (Å²) < 4.78 is 4.73. The molecule has 1 heterocycles. The molecule has 0 saturated carbocycles. The third-order valence-electron chi connectivity index (χ3n) is 2.58. The van der Waals surface area contributed by atoms with Gasteiger partial charge in [-0.25, -0.2) is 4.79 Å². The largest absolute Gasteiger partial charge is 0.460 e. The van der Waals surface area contributed by atoms with Gasteiger partial charge in [-0.1, -0.05) is 32.0 Å². The number of carbonyl (C=O) groups excluding carboxylic acids is 2. The Morgan fingerprint density at radius 3 is 2.47 bits per heavy atom. The highest BCUT2D eigenvalue weighted by molar-refractivity contribution is 6.43. The zero-order valence-corrected chi connectivity index (χ0v) is 11.7. The summed E-state index contributed by atoms with van der Waals surface area (Å²) in [5.74, 6) is -1.40. The summed E-state index contributed by atoms with van der Waals surface area (Å²) in [5.41, 5.74) is 1.93. The minimum Gasteiger partial charge on any atom is -0.460 e. The lowest BCUT2D eigenvalue weighted by atomic mass is 10.1. The lowest BCUT2D eigenvalue weighted by Gasteiger charge is -2.00. The predicted molar refractivity (Wildman–Crippen MR) is 75.3 cm³/mol.